The Labute approximate surface area is 127 Å². The zero-order valence-electron chi connectivity index (χ0n) is 13.3. The van der Waals surface area contributed by atoms with Gasteiger partial charge in [-0.25, -0.2) is 0 Å². The molecule has 0 aromatic heterocycles. The van der Waals surface area contributed by atoms with Crippen LogP contribution in [0.2, 0.25) is 0 Å². The van der Waals surface area contributed by atoms with Gasteiger partial charge in [-0.2, -0.15) is 0 Å². The number of benzene rings is 1. The summed E-state index contributed by atoms with van der Waals surface area (Å²) in [7, 11) is 0. The van der Waals surface area contributed by atoms with Gasteiger partial charge in [-0.15, -0.1) is 0 Å². The summed E-state index contributed by atoms with van der Waals surface area (Å²) in [6.07, 6.45) is 2.75. The number of carbonyl (C=O) groups is 1. The summed E-state index contributed by atoms with van der Waals surface area (Å²) in [4.78, 5) is 14.0. The Morgan fingerprint density at radius 2 is 1.81 bits per heavy atom. The third-order valence-electron chi connectivity index (χ3n) is 3.74. The number of hydrogen-bond acceptors (Lipinski definition) is 3. The normalized spacial score (nSPS) is 10.7. The maximum Gasteiger partial charge on any atom is 0.260 e. The fourth-order valence-electron chi connectivity index (χ4n) is 2.40. The monoisotopic (exact) mass is 293 g/mol. The van der Waals surface area contributed by atoms with Gasteiger partial charge in [0.2, 0.25) is 0 Å². The van der Waals surface area contributed by atoms with Gasteiger partial charge in [-0.1, -0.05) is 32.9 Å². The molecule has 1 amide bonds. The van der Waals surface area contributed by atoms with Crippen molar-refractivity contribution in [2.75, 3.05) is 19.8 Å². The van der Waals surface area contributed by atoms with Crippen molar-refractivity contribution in [3.63, 3.8) is 0 Å². The van der Waals surface area contributed by atoms with Gasteiger partial charge in [0.05, 0.1) is 6.61 Å². The van der Waals surface area contributed by atoms with Crippen LogP contribution in [-0.4, -0.2) is 41.7 Å². The quantitative estimate of drug-likeness (QED) is 0.761. The Balaban J connectivity index is 2.59. The van der Waals surface area contributed by atoms with Crippen LogP contribution in [0.1, 0.15) is 39.2 Å². The van der Waals surface area contributed by atoms with E-state index in [0.717, 1.165) is 19.3 Å². The van der Waals surface area contributed by atoms with Crippen LogP contribution in [0.3, 0.4) is 0 Å². The molecule has 0 aliphatic carbocycles. The summed E-state index contributed by atoms with van der Waals surface area (Å²) in [6, 6.07) is 7.95. The molecule has 0 bridgehead atoms. The van der Waals surface area contributed by atoms with Gasteiger partial charge in [0, 0.05) is 12.6 Å². The van der Waals surface area contributed by atoms with E-state index in [9.17, 15) is 4.79 Å². The highest BCUT2D eigenvalue weighted by Crippen LogP contribution is 2.14. The van der Waals surface area contributed by atoms with Crippen molar-refractivity contribution in [3.8, 4) is 5.75 Å². The molecule has 0 aliphatic rings. The van der Waals surface area contributed by atoms with E-state index >= 15 is 0 Å². The molecule has 4 heteroatoms. The molecule has 21 heavy (non-hydrogen) atoms. The number of carbonyl (C=O) groups excluding carboxylic acids is 1. The molecule has 1 aromatic carbocycles. The number of rotatable bonds is 9. The second-order valence-corrected chi connectivity index (χ2v) is 5.07. The zero-order valence-corrected chi connectivity index (χ0v) is 13.3. The van der Waals surface area contributed by atoms with Crippen molar-refractivity contribution in [2.24, 2.45) is 0 Å². The van der Waals surface area contributed by atoms with E-state index in [1.807, 2.05) is 24.3 Å². The zero-order chi connectivity index (χ0) is 15.7. The second-order valence-electron chi connectivity index (χ2n) is 5.07. The highest BCUT2D eigenvalue weighted by atomic mass is 16.5. The predicted molar refractivity (Wildman–Crippen MR) is 84.5 cm³/mol. The van der Waals surface area contributed by atoms with E-state index in [4.69, 9.17) is 9.84 Å². The van der Waals surface area contributed by atoms with Gasteiger partial charge >= 0.3 is 0 Å². The van der Waals surface area contributed by atoms with Crippen LogP contribution in [0, 0.1) is 0 Å². The average molecular weight is 293 g/mol. The molecule has 0 spiro atoms. The Hall–Kier alpha value is -1.55. The first-order valence-corrected chi connectivity index (χ1v) is 7.78. The predicted octanol–water partition coefficient (Wildman–Crippen LogP) is 2.64. The largest absolute Gasteiger partial charge is 0.484 e. The Morgan fingerprint density at radius 3 is 2.29 bits per heavy atom. The first-order chi connectivity index (χ1) is 10.2. The highest BCUT2D eigenvalue weighted by Gasteiger charge is 2.20. The first kappa shape index (κ1) is 17.5. The second kappa shape index (κ2) is 9.40. The summed E-state index contributed by atoms with van der Waals surface area (Å²) in [5, 5.41) is 9.13. The van der Waals surface area contributed by atoms with Crippen molar-refractivity contribution < 1.29 is 14.6 Å². The lowest BCUT2D eigenvalue weighted by Crippen LogP contribution is -2.43. The van der Waals surface area contributed by atoms with Gasteiger partial charge in [0.25, 0.3) is 5.91 Å². The number of amides is 1. The molecule has 0 atom stereocenters. The van der Waals surface area contributed by atoms with Crippen LogP contribution in [0.5, 0.6) is 5.75 Å². The molecule has 0 aliphatic heterocycles. The number of aliphatic hydroxyl groups is 1. The molecule has 1 rings (SSSR count). The van der Waals surface area contributed by atoms with E-state index in [0.29, 0.717) is 12.3 Å². The molecule has 0 unspecified atom stereocenters. The minimum Gasteiger partial charge on any atom is -0.484 e. The van der Waals surface area contributed by atoms with Crippen LogP contribution in [0.25, 0.3) is 0 Å². The van der Waals surface area contributed by atoms with Gasteiger partial charge in [0.1, 0.15) is 5.75 Å². The molecule has 4 nitrogen and oxygen atoms in total. The highest BCUT2D eigenvalue weighted by molar-refractivity contribution is 5.78. The van der Waals surface area contributed by atoms with E-state index in [2.05, 4.69) is 20.8 Å². The topological polar surface area (TPSA) is 49.8 Å². The molecule has 1 aromatic rings. The fraction of sp³-hybridized carbons (Fsp3) is 0.588. The smallest absolute Gasteiger partial charge is 0.260 e. The minimum absolute atomic E-state index is 0.0158. The average Bonchev–Trinajstić information content (AvgIpc) is 2.53. The third-order valence-corrected chi connectivity index (χ3v) is 3.74. The van der Waals surface area contributed by atoms with Crippen LogP contribution in [0.4, 0.5) is 0 Å². The van der Waals surface area contributed by atoms with E-state index in [-0.39, 0.29) is 25.2 Å². The maximum absolute atomic E-state index is 12.3. The number of aliphatic hydroxyl groups excluding tert-OH is 1. The summed E-state index contributed by atoms with van der Waals surface area (Å²) in [6.45, 7) is 6.56. The summed E-state index contributed by atoms with van der Waals surface area (Å²) in [5.74, 6) is 0.631. The Bertz CT molecular complexity index is 413. The SMILES string of the molecule is CCc1ccc(OCC(=O)N(CCO)C(CC)CC)cc1. The molecule has 118 valence electrons. The fourth-order valence-corrected chi connectivity index (χ4v) is 2.40. The summed E-state index contributed by atoms with van der Waals surface area (Å²) < 4.78 is 5.56. The van der Waals surface area contributed by atoms with Gasteiger partial charge in [-0.05, 0) is 37.0 Å². The van der Waals surface area contributed by atoms with Crippen molar-refractivity contribution in [1.82, 2.24) is 4.90 Å². The van der Waals surface area contributed by atoms with Crippen molar-refractivity contribution >= 4 is 5.91 Å². The van der Waals surface area contributed by atoms with Crippen molar-refractivity contribution in [1.29, 1.82) is 0 Å². The Morgan fingerprint density at radius 1 is 1.19 bits per heavy atom. The molecule has 0 saturated heterocycles. The number of aryl methyl sites for hydroxylation is 1. The summed E-state index contributed by atoms with van der Waals surface area (Å²) >= 11 is 0. The van der Waals surface area contributed by atoms with E-state index < -0.39 is 0 Å². The molecule has 0 heterocycles. The van der Waals surface area contributed by atoms with Crippen LogP contribution in [0.15, 0.2) is 24.3 Å². The van der Waals surface area contributed by atoms with E-state index in [1.165, 1.54) is 5.56 Å². The lowest BCUT2D eigenvalue weighted by atomic mass is 10.1. The molecular formula is C17H27NO3. The molecule has 0 fully saturated rings. The first-order valence-electron chi connectivity index (χ1n) is 7.78. The third kappa shape index (κ3) is 5.38. The minimum atomic E-state index is -0.0719. The van der Waals surface area contributed by atoms with Crippen LogP contribution >= 0.6 is 0 Å². The lowest BCUT2D eigenvalue weighted by molar-refractivity contribution is -0.136. The van der Waals surface area contributed by atoms with Crippen LogP contribution < -0.4 is 4.74 Å². The summed E-state index contributed by atoms with van der Waals surface area (Å²) in [5.41, 5.74) is 1.24. The Kier molecular flexibility index (Phi) is 7.83. The molecular weight excluding hydrogens is 266 g/mol. The van der Waals surface area contributed by atoms with Gasteiger partial charge in [-0.3, -0.25) is 4.79 Å². The van der Waals surface area contributed by atoms with Crippen molar-refractivity contribution in [2.45, 2.75) is 46.1 Å². The van der Waals surface area contributed by atoms with Crippen LogP contribution in [-0.2, 0) is 11.2 Å². The molecule has 1 N–H and O–H groups in total. The van der Waals surface area contributed by atoms with Crippen molar-refractivity contribution in [3.05, 3.63) is 29.8 Å². The standard InChI is InChI=1S/C17H27NO3/c1-4-14-7-9-16(10-8-14)21-13-17(20)18(11-12-19)15(5-2)6-3/h7-10,15,19H,4-6,11-13H2,1-3H3. The molecule has 0 radical (unpaired) electrons. The molecule has 0 saturated carbocycles. The van der Waals surface area contributed by atoms with E-state index in [1.54, 1.807) is 4.90 Å². The lowest BCUT2D eigenvalue weighted by Gasteiger charge is -2.30. The number of hydrogen-bond donors (Lipinski definition) is 1. The maximum atomic E-state index is 12.3. The number of nitrogens with zero attached hydrogens (tertiary/aromatic N) is 1. The number of ether oxygens (including phenoxy) is 1. The van der Waals surface area contributed by atoms with Gasteiger partial charge < -0.3 is 14.7 Å². The van der Waals surface area contributed by atoms with Gasteiger partial charge in [0.15, 0.2) is 6.61 Å².